The Bertz CT molecular complexity index is 1390. The zero-order valence-corrected chi connectivity index (χ0v) is 22.4. The third-order valence-electron chi connectivity index (χ3n) is 3.38. The maximum atomic E-state index is 9.31. The van der Waals surface area contributed by atoms with E-state index in [1.54, 1.807) is 6.92 Å². The highest BCUT2D eigenvalue weighted by Crippen LogP contribution is 2.07. The maximum absolute atomic E-state index is 9.31. The summed E-state index contributed by atoms with van der Waals surface area (Å²) < 4.78 is 16.1. The number of allylic oxidation sites excluding steroid dienone is 1. The fourth-order valence-corrected chi connectivity index (χ4v) is 2.38. The van der Waals surface area contributed by atoms with Gasteiger partial charge in [-0.3, -0.25) is 0 Å². The van der Waals surface area contributed by atoms with E-state index in [0.717, 1.165) is 6.04 Å². The zero-order valence-electron chi connectivity index (χ0n) is 21.4. The third kappa shape index (κ3) is 27.4. The zero-order chi connectivity index (χ0) is 27.3. The summed E-state index contributed by atoms with van der Waals surface area (Å²) in [5, 5.41) is 9.31. The summed E-state index contributed by atoms with van der Waals surface area (Å²) in [5.41, 5.74) is 0. The van der Waals surface area contributed by atoms with Crippen molar-refractivity contribution in [2.24, 2.45) is 0 Å². The maximum Gasteiger partial charge on any atom is 0.147 e. The predicted octanol–water partition coefficient (Wildman–Crippen LogP) is 2.26. The Morgan fingerprint density at radius 3 is 1.59 bits per heavy atom. The van der Waals surface area contributed by atoms with Crippen LogP contribution in [0.2, 0.25) is 25.7 Å². The molecule has 0 radical (unpaired) electrons. The van der Waals surface area contributed by atoms with Gasteiger partial charge in [0.05, 0.1) is 12.9 Å². The molecule has 0 spiro atoms. The molecule has 0 fully saturated rings. The van der Waals surface area contributed by atoms with E-state index in [0.29, 0.717) is 6.61 Å². The molecule has 1 unspecified atom stereocenters. The molecule has 1 N–H and O–H groups in total. The lowest BCUT2D eigenvalue weighted by molar-refractivity contribution is -0.114. The topological polar surface area (TPSA) is 47.9 Å². The van der Waals surface area contributed by atoms with E-state index in [4.69, 9.17) is 14.2 Å². The molecule has 182 valence electrons. The molecular weight excluding hydrogens is 476 g/mol. The van der Waals surface area contributed by atoms with Gasteiger partial charge in [0, 0.05) is 32.6 Å². The number of rotatable bonds is 10. The summed E-state index contributed by atoms with van der Waals surface area (Å²) in [6.45, 7) is 9.34. The van der Waals surface area contributed by atoms with Crippen molar-refractivity contribution in [2.45, 2.75) is 38.7 Å². The Morgan fingerprint density at radius 1 is 0.703 bits per heavy atom. The third-order valence-corrected chi connectivity index (χ3v) is 5.08. The standard InChI is InChI=1S/C32H26O4Si/c1-5-6-7-8-9-10-11-12-13-14-15-16-17-18-19-20-21-22-23-24-25-26-34-30-32(29-33)36-31-35-27-28-37(2,3)4/h25-26,32-33H,27-31H2,1-4H3/b26-25-. The molecule has 5 heteroatoms. The van der Waals surface area contributed by atoms with Gasteiger partial charge in [-0.15, -0.1) is 0 Å². The van der Waals surface area contributed by atoms with Crippen LogP contribution in [0.3, 0.4) is 0 Å². The van der Waals surface area contributed by atoms with Gasteiger partial charge in [0.1, 0.15) is 19.5 Å². The Labute approximate surface area is 223 Å². The summed E-state index contributed by atoms with van der Waals surface area (Å²) in [6, 6.07) is 1.06. The number of hydrogen-bond donors (Lipinski definition) is 1. The van der Waals surface area contributed by atoms with Crippen molar-refractivity contribution in [3.05, 3.63) is 12.3 Å². The highest BCUT2D eigenvalue weighted by atomic mass is 28.3. The van der Waals surface area contributed by atoms with Crippen LogP contribution in [0.25, 0.3) is 0 Å². The largest absolute Gasteiger partial charge is 0.498 e. The van der Waals surface area contributed by atoms with Crippen molar-refractivity contribution < 1.29 is 19.3 Å². The van der Waals surface area contributed by atoms with E-state index >= 15 is 0 Å². The first-order chi connectivity index (χ1) is 18.0. The first-order valence-electron chi connectivity index (χ1n) is 11.0. The van der Waals surface area contributed by atoms with Gasteiger partial charge in [-0.1, -0.05) is 31.5 Å². The molecule has 1 atom stereocenters. The predicted molar refractivity (Wildman–Crippen MR) is 149 cm³/mol. The molecule has 0 aromatic carbocycles. The average Bonchev–Trinajstić information content (AvgIpc) is 2.87. The number of ether oxygens (including phenoxy) is 3. The minimum absolute atomic E-state index is 0.128. The summed E-state index contributed by atoms with van der Waals surface area (Å²) in [5.74, 6) is 50.9. The highest BCUT2D eigenvalue weighted by Gasteiger charge is 2.12. The van der Waals surface area contributed by atoms with Crippen molar-refractivity contribution >= 4 is 8.07 Å². The van der Waals surface area contributed by atoms with E-state index in [1.165, 1.54) is 12.3 Å². The number of aliphatic hydroxyl groups is 1. The summed E-state index contributed by atoms with van der Waals surface area (Å²) >= 11 is 0. The van der Waals surface area contributed by atoms with E-state index in [2.05, 4.69) is 138 Å². The lowest BCUT2D eigenvalue weighted by atomic mass is 10.4. The van der Waals surface area contributed by atoms with Crippen LogP contribution in [0.5, 0.6) is 0 Å². The van der Waals surface area contributed by atoms with Gasteiger partial charge in [0.2, 0.25) is 0 Å². The molecule has 0 rings (SSSR count). The molecule has 0 aliphatic heterocycles. The second-order valence-electron chi connectivity index (χ2n) is 7.59. The quantitative estimate of drug-likeness (QED) is 0.164. The average molecular weight is 503 g/mol. The van der Waals surface area contributed by atoms with Gasteiger partial charge in [-0.2, -0.15) is 0 Å². The Hall–Kier alpha value is -4.76. The van der Waals surface area contributed by atoms with E-state index in [1.807, 2.05) is 0 Å². The Balaban J connectivity index is 4.22. The van der Waals surface area contributed by atoms with Crippen LogP contribution in [0.1, 0.15) is 6.92 Å². The van der Waals surface area contributed by atoms with Crippen LogP contribution in [-0.2, 0) is 14.2 Å². The van der Waals surface area contributed by atoms with Crippen molar-refractivity contribution in [1.82, 2.24) is 0 Å². The van der Waals surface area contributed by atoms with Crippen LogP contribution in [0.4, 0.5) is 0 Å². The van der Waals surface area contributed by atoms with Crippen LogP contribution in [0.15, 0.2) is 12.3 Å². The lowest BCUT2D eigenvalue weighted by Gasteiger charge is -2.17. The molecule has 0 saturated heterocycles. The van der Waals surface area contributed by atoms with E-state index in [-0.39, 0.29) is 20.0 Å². The molecule has 0 bridgehead atoms. The first-order valence-corrected chi connectivity index (χ1v) is 14.7. The first kappa shape index (κ1) is 32.2. The molecule has 4 nitrogen and oxygen atoms in total. The molecule has 0 heterocycles. The molecular formula is C32H26O4Si. The second-order valence-corrected chi connectivity index (χ2v) is 13.2. The second kappa shape index (κ2) is 24.4. The minimum Gasteiger partial charge on any atom is -0.498 e. The summed E-state index contributed by atoms with van der Waals surface area (Å²) in [6.07, 6.45) is 2.43. The minimum atomic E-state index is -1.12. The van der Waals surface area contributed by atoms with Gasteiger partial charge in [0.25, 0.3) is 0 Å². The van der Waals surface area contributed by atoms with Crippen molar-refractivity contribution in [1.29, 1.82) is 0 Å². The number of hydrogen-bond acceptors (Lipinski definition) is 4. The van der Waals surface area contributed by atoms with Crippen molar-refractivity contribution in [3.8, 4) is 118 Å². The fourth-order valence-electron chi connectivity index (χ4n) is 1.62. The number of aliphatic hydroxyl groups excluding tert-OH is 1. The van der Waals surface area contributed by atoms with Crippen molar-refractivity contribution in [2.75, 3.05) is 26.6 Å². The molecule has 0 saturated carbocycles. The lowest BCUT2D eigenvalue weighted by Crippen LogP contribution is -2.26. The molecule has 37 heavy (non-hydrogen) atoms. The monoisotopic (exact) mass is 502 g/mol. The van der Waals surface area contributed by atoms with E-state index < -0.39 is 14.2 Å². The van der Waals surface area contributed by atoms with Gasteiger partial charge in [-0.05, 0) is 108 Å². The highest BCUT2D eigenvalue weighted by molar-refractivity contribution is 6.76. The van der Waals surface area contributed by atoms with Gasteiger partial charge < -0.3 is 19.3 Å². The smallest absolute Gasteiger partial charge is 0.147 e. The molecule has 0 aliphatic rings. The normalized spacial score (nSPS) is 8.68. The summed E-state index contributed by atoms with van der Waals surface area (Å²) in [7, 11) is -1.12. The fraction of sp³-hybridized carbons (Fsp3) is 0.312. The van der Waals surface area contributed by atoms with Crippen LogP contribution in [-0.4, -0.2) is 45.9 Å². The van der Waals surface area contributed by atoms with Gasteiger partial charge in [0.15, 0.2) is 0 Å². The van der Waals surface area contributed by atoms with Crippen LogP contribution in [0, 0.1) is 118 Å². The summed E-state index contributed by atoms with van der Waals surface area (Å²) in [4.78, 5) is 0. The Morgan fingerprint density at radius 2 is 1.16 bits per heavy atom. The molecule has 0 amide bonds. The van der Waals surface area contributed by atoms with Gasteiger partial charge in [-0.25, -0.2) is 0 Å². The molecule has 0 aromatic rings. The van der Waals surface area contributed by atoms with Crippen molar-refractivity contribution in [3.63, 3.8) is 0 Å². The van der Waals surface area contributed by atoms with Crippen LogP contribution >= 0.6 is 0 Å². The Kier molecular flexibility index (Phi) is 21.2. The van der Waals surface area contributed by atoms with Crippen LogP contribution < -0.4 is 0 Å². The van der Waals surface area contributed by atoms with Gasteiger partial charge >= 0.3 is 0 Å². The molecule has 0 aromatic heterocycles. The SMILES string of the molecule is CC#CC#CC#CC#CC#CC#CC#CC#CC#CC#C/C=C\OCC(CO)OCOCC[Si](C)(C)C. The van der Waals surface area contributed by atoms with E-state index in [9.17, 15) is 5.11 Å². The molecule has 0 aliphatic carbocycles.